The van der Waals surface area contributed by atoms with Gasteiger partial charge < -0.3 is 15.8 Å². The van der Waals surface area contributed by atoms with E-state index in [4.69, 9.17) is 15.9 Å². The summed E-state index contributed by atoms with van der Waals surface area (Å²) < 4.78 is 5.10. The zero-order valence-corrected chi connectivity index (χ0v) is 7.50. The van der Waals surface area contributed by atoms with Gasteiger partial charge in [-0.3, -0.25) is 5.41 Å². The molecule has 1 rings (SSSR count). The molecule has 0 bridgehead atoms. The third-order valence-corrected chi connectivity index (χ3v) is 1.58. The molecule has 0 unspecified atom stereocenters. The Kier molecular flexibility index (Phi) is 3.14. The molecule has 0 radical (unpaired) electrons. The molecular weight excluding hydrogens is 166 g/mol. The van der Waals surface area contributed by atoms with Gasteiger partial charge in [0.05, 0.1) is 19.3 Å². The first-order chi connectivity index (χ1) is 6.24. The van der Waals surface area contributed by atoms with E-state index >= 15 is 0 Å². The summed E-state index contributed by atoms with van der Waals surface area (Å²) in [5.41, 5.74) is 6.06. The van der Waals surface area contributed by atoms with Crippen molar-refractivity contribution < 1.29 is 4.74 Å². The molecule has 0 atom stereocenters. The Hall–Kier alpha value is -1.71. The van der Waals surface area contributed by atoms with Crippen LogP contribution in [0.4, 0.5) is 5.69 Å². The molecule has 70 valence electrons. The van der Waals surface area contributed by atoms with E-state index in [0.29, 0.717) is 6.54 Å². The van der Waals surface area contributed by atoms with E-state index in [1.54, 1.807) is 7.11 Å². The van der Waals surface area contributed by atoms with Crippen LogP contribution in [0.25, 0.3) is 0 Å². The first kappa shape index (κ1) is 9.38. The summed E-state index contributed by atoms with van der Waals surface area (Å²) in [6.45, 7) is 0.334. The van der Waals surface area contributed by atoms with E-state index in [1.807, 2.05) is 24.3 Å². The number of rotatable bonds is 4. The summed E-state index contributed by atoms with van der Waals surface area (Å²) in [7, 11) is 1.61. The lowest BCUT2D eigenvalue weighted by molar-refractivity contribution is 0.416. The van der Waals surface area contributed by atoms with Gasteiger partial charge in [0.25, 0.3) is 0 Å². The van der Waals surface area contributed by atoms with Crippen molar-refractivity contribution in [2.45, 2.75) is 0 Å². The molecule has 4 nitrogen and oxygen atoms in total. The Morgan fingerprint density at radius 2 is 2.23 bits per heavy atom. The Morgan fingerprint density at radius 1 is 1.54 bits per heavy atom. The highest BCUT2D eigenvalue weighted by atomic mass is 16.5. The second-order valence-electron chi connectivity index (χ2n) is 2.58. The van der Waals surface area contributed by atoms with Crippen molar-refractivity contribution in [3.8, 4) is 5.75 Å². The molecule has 0 amide bonds. The van der Waals surface area contributed by atoms with Gasteiger partial charge in [-0.1, -0.05) is 12.1 Å². The van der Waals surface area contributed by atoms with Gasteiger partial charge in [0, 0.05) is 0 Å². The lowest BCUT2D eigenvalue weighted by atomic mass is 10.3. The largest absolute Gasteiger partial charge is 0.495 e. The van der Waals surface area contributed by atoms with Gasteiger partial charge >= 0.3 is 0 Å². The normalized spacial score (nSPS) is 9.31. The van der Waals surface area contributed by atoms with Crippen LogP contribution in [-0.4, -0.2) is 19.5 Å². The monoisotopic (exact) mass is 179 g/mol. The summed E-state index contributed by atoms with van der Waals surface area (Å²) >= 11 is 0. The molecule has 0 fully saturated rings. The number of ether oxygens (including phenoxy) is 1. The number of benzene rings is 1. The molecule has 4 heteroatoms. The molecule has 0 aliphatic heterocycles. The summed E-state index contributed by atoms with van der Waals surface area (Å²) in [6, 6.07) is 7.51. The van der Waals surface area contributed by atoms with Crippen molar-refractivity contribution in [3.05, 3.63) is 24.3 Å². The topological polar surface area (TPSA) is 71.1 Å². The fraction of sp³-hybridized carbons (Fsp3) is 0.222. The standard InChI is InChI=1S/C9H13N3O/c1-13-8-5-3-2-4-7(8)12-6-9(10)11/h2-5,12H,6H2,1H3,(H3,10,11). The van der Waals surface area contributed by atoms with Crippen molar-refractivity contribution >= 4 is 11.5 Å². The van der Waals surface area contributed by atoms with Crippen LogP contribution in [0.3, 0.4) is 0 Å². The Labute approximate surface area is 77.2 Å². The highest BCUT2D eigenvalue weighted by Crippen LogP contribution is 2.22. The zero-order valence-electron chi connectivity index (χ0n) is 7.50. The number of para-hydroxylation sites is 2. The number of nitrogens with one attached hydrogen (secondary N) is 2. The van der Waals surface area contributed by atoms with E-state index in [1.165, 1.54) is 0 Å². The van der Waals surface area contributed by atoms with Gasteiger partial charge in [0.15, 0.2) is 0 Å². The molecule has 0 saturated carbocycles. The van der Waals surface area contributed by atoms with Gasteiger partial charge in [-0.15, -0.1) is 0 Å². The highest BCUT2D eigenvalue weighted by molar-refractivity contribution is 5.82. The molecule has 0 aliphatic rings. The molecule has 0 heterocycles. The minimum Gasteiger partial charge on any atom is -0.495 e. The second kappa shape index (κ2) is 4.35. The first-order valence-corrected chi connectivity index (χ1v) is 3.94. The SMILES string of the molecule is COc1ccccc1NCC(=N)N. The maximum Gasteiger partial charge on any atom is 0.141 e. The van der Waals surface area contributed by atoms with Crippen LogP contribution in [0.1, 0.15) is 0 Å². The minimum absolute atomic E-state index is 0.103. The number of methoxy groups -OCH3 is 1. The highest BCUT2D eigenvalue weighted by Gasteiger charge is 1.99. The van der Waals surface area contributed by atoms with Gasteiger partial charge in [0.1, 0.15) is 11.6 Å². The molecule has 13 heavy (non-hydrogen) atoms. The quantitative estimate of drug-likeness (QED) is 0.477. The summed E-state index contributed by atoms with van der Waals surface area (Å²) in [5.74, 6) is 0.856. The molecule has 1 aromatic carbocycles. The van der Waals surface area contributed by atoms with Crippen LogP contribution in [0.15, 0.2) is 24.3 Å². The lowest BCUT2D eigenvalue weighted by Crippen LogP contribution is -2.21. The van der Waals surface area contributed by atoms with E-state index < -0.39 is 0 Å². The van der Waals surface area contributed by atoms with E-state index in [-0.39, 0.29) is 5.84 Å². The number of amidine groups is 1. The van der Waals surface area contributed by atoms with Crippen molar-refractivity contribution in [1.29, 1.82) is 5.41 Å². The number of hydrogen-bond donors (Lipinski definition) is 3. The number of hydrogen-bond acceptors (Lipinski definition) is 3. The van der Waals surface area contributed by atoms with Crippen LogP contribution in [0.5, 0.6) is 5.75 Å². The summed E-state index contributed by atoms with van der Waals surface area (Å²) in [5, 5.41) is 10.0. The average molecular weight is 179 g/mol. The van der Waals surface area contributed by atoms with Crippen molar-refractivity contribution in [3.63, 3.8) is 0 Å². The Balaban J connectivity index is 2.69. The molecule has 0 spiro atoms. The minimum atomic E-state index is 0.103. The van der Waals surface area contributed by atoms with Crippen LogP contribution in [-0.2, 0) is 0 Å². The fourth-order valence-electron chi connectivity index (χ4n) is 0.981. The molecular formula is C9H13N3O. The van der Waals surface area contributed by atoms with Gasteiger partial charge in [-0.05, 0) is 12.1 Å². The van der Waals surface area contributed by atoms with Gasteiger partial charge in [-0.2, -0.15) is 0 Å². The molecule has 0 aliphatic carbocycles. The predicted molar refractivity (Wildman–Crippen MR) is 53.4 cm³/mol. The smallest absolute Gasteiger partial charge is 0.141 e. The zero-order chi connectivity index (χ0) is 9.68. The lowest BCUT2D eigenvalue weighted by Gasteiger charge is -2.09. The molecule has 0 saturated heterocycles. The number of nitrogens with two attached hydrogens (primary N) is 1. The van der Waals surface area contributed by atoms with Gasteiger partial charge in [0.2, 0.25) is 0 Å². The molecule has 1 aromatic rings. The molecule has 4 N–H and O–H groups in total. The average Bonchev–Trinajstić information content (AvgIpc) is 2.15. The van der Waals surface area contributed by atoms with E-state index in [9.17, 15) is 0 Å². The predicted octanol–water partition coefficient (Wildman–Crippen LogP) is 1.04. The van der Waals surface area contributed by atoms with E-state index in [0.717, 1.165) is 11.4 Å². The Morgan fingerprint density at radius 3 is 2.85 bits per heavy atom. The second-order valence-corrected chi connectivity index (χ2v) is 2.58. The maximum atomic E-state index is 7.05. The summed E-state index contributed by atoms with van der Waals surface area (Å²) in [6.07, 6.45) is 0. The third-order valence-electron chi connectivity index (χ3n) is 1.58. The van der Waals surface area contributed by atoms with Crippen LogP contribution >= 0.6 is 0 Å². The number of anilines is 1. The Bertz CT molecular complexity index is 299. The van der Waals surface area contributed by atoms with Crippen molar-refractivity contribution in [2.75, 3.05) is 19.0 Å². The van der Waals surface area contributed by atoms with Crippen LogP contribution < -0.4 is 15.8 Å². The first-order valence-electron chi connectivity index (χ1n) is 3.94. The van der Waals surface area contributed by atoms with Crippen molar-refractivity contribution in [2.24, 2.45) is 5.73 Å². The molecule has 0 aromatic heterocycles. The van der Waals surface area contributed by atoms with Crippen molar-refractivity contribution in [1.82, 2.24) is 0 Å². The van der Waals surface area contributed by atoms with Gasteiger partial charge in [-0.25, -0.2) is 0 Å². The summed E-state index contributed by atoms with van der Waals surface area (Å²) in [4.78, 5) is 0. The fourth-order valence-corrected chi connectivity index (χ4v) is 0.981. The van der Waals surface area contributed by atoms with Crippen LogP contribution in [0.2, 0.25) is 0 Å². The maximum absolute atomic E-state index is 7.05. The van der Waals surface area contributed by atoms with E-state index in [2.05, 4.69) is 5.32 Å². The van der Waals surface area contributed by atoms with Crippen LogP contribution in [0, 0.1) is 5.41 Å². The third kappa shape index (κ3) is 2.66.